The molecule has 0 aliphatic carbocycles. The molecule has 180 valence electrons. The first-order valence-corrected chi connectivity index (χ1v) is 11.2. The molecule has 1 atom stereocenters. The lowest BCUT2D eigenvalue weighted by Crippen LogP contribution is -2.29. The summed E-state index contributed by atoms with van der Waals surface area (Å²) in [5.74, 6) is -2.69. The number of benzene rings is 2. The summed E-state index contributed by atoms with van der Waals surface area (Å²) < 4.78 is 19.3. The third kappa shape index (κ3) is 4.67. The number of aromatic nitrogens is 1. The van der Waals surface area contributed by atoms with E-state index >= 15 is 0 Å². The summed E-state index contributed by atoms with van der Waals surface area (Å²) in [6.07, 6.45) is 3.25. The van der Waals surface area contributed by atoms with Gasteiger partial charge in [0.1, 0.15) is 5.76 Å². The van der Waals surface area contributed by atoms with Crippen LogP contribution in [0, 0.1) is 5.82 Å². The molecule has 2 aromatic carbocycles. The molecule has 0 saturated carbocycles. The highest BCUT2D eigenvalue weighted by Gasteiger charge is 2.46. The van der Waals surface area contributed by atoms with Crippen LogP contribution < -0.4 is 4.74 Å². The minimum absolute atomic E-state index is 0.00731. The maximum atomic E-state index is 14.4. The van der Waals surface area contributed by atoms with E-state index in [1.807, 2.05) is 30.3 Å². The van der Waals surface area contributed by atoms with Crippen molar-refractivity contribution in [2.24, 2.45) is 0 Å². The molecule has 1 amide bonds. The third-order valence-corrected chi connectivity index (χ3v) is 6.13. The number of ether oxygens (including phenoxy) is 1. The van der Waals surface area contributed by atoms with Crippen molar-refractivity contribution in [1.29, 1.82) is 0 Å². The third-order valence-electron chi connectivity index (χ3n) is 6.13. The molecule has 6 nitrogen and oxygen atoms in total. The zero-order valence-electron chi connectivity index (χ0n) is 20.1. The Hall–Kier alpha value is -4.00. The molecule has 7 heteroatoms. The average molecular weight is 475 g/mol. The van der Waals surface area contributed by atoms with E-state index in [0.717, 1.165) is 17.2 Å². The van der Waals surface area contributed by atoms with Crippen LogP contribution in [0.25, 0.3) is 5.76 Å². The zero-order valence-corrected chi connectivity index (χ0v) is 20.1. The average Bonchev–Trinajstić information content (AvgIpc) is 3.08. The van der Waals surface area contributed by atoms with Gasteiger partial charge < -0.3 is 14.7 Å². The predicted octanol–water partition coefficient (Wildman–Crippen LogP) is 5.15. The zero-order chi connectivity index (χ0) is 25.3. The van der Waals surface area contributed by atoms with Crippen LogP contribution in [0.5, 0.6) is 5.75 Å². The topological polar surface area (TPSA) is 79.7 Å². The molecular formula is C28H27FN2O4. The number of pyridine rings is 1. The molecule has 0 bridgehead atoms. The highest BCUT2D eigenvalue weighted by molar-refractivity contribution is 6.46. The van der Waals surface area contributed by atoms with Crippen LogP contribution in [0.3, 0.4) is 0 Å². The van der Waals surface area contributed by atoms with Crippen LogP contribution in [0.1, 0.15) is 49.1 Å². The van der Waals surface area contributed by atoms with Crippen molar-refractivity contribution < 1.29 is 23.8 Å². The smallest absolute Gasteiger partial charge is 0.295 e. The second-order valence-corrected chi connectivity index (χ2v) is 9.51. The number of Topliss-reactive ketones (excluding diaryl/α,β-unsaturated/α-hetero) is 1. The molecule has 35 heavy (non-hydrogen) atoms. The summed E-state index contributed by atoms with van der Waals surface area (Å²) in [5.41, 5.74) is 2.39. The monoisotopic (exact) mass is 474 g/mol. The van der Waals surface area contributed by atoms with Gasteiger partial charge in [-0.15, -0.1) is 0 Å². The van der Waals surface area contributed by atoms with E-state index < -0.39 is 29.3 Å². The van der Waals surface area contributed by atoms with Gasteiger partial charge in [-0.05, 0) is 46.4 Å². The Morgan fingerprint density at radius 3 is 2.40 bits per heavy atom. The molecule has 0 spiro atoms. The summed E-state index contributed by atoms with van der Waals surface area (Å²) in [4.78, 5) is 31.9. The van der Waals surface area contributed by atoms with E-state index in [2.05, 4.69) is 25.8 Å². The second kappa shape index (κ2) is 9.33. The molecule has 1 N–H and O–H groups in total. The minimum atomic E-state index is -0.852. The van der Waals surface area contributed by atoms with Gasteiger partial charge in [-0.2, -0.15) is 0 Å². The number of methoxy groups -OCH3 is 1. The van der Waals surface area contributed by atoms with Crippen molar-refractivity contribution in [3.05, 3.63) is 101 Å². The number of hydrogen-bond donors (Lipinski definition) is 1. The van der Waals surface area contributed by atoms with Crippen LogP contribution in [0.15, 0.2) is 72.6 Å². The van der Waals surface area contributed by atoms with E-state index in [4.69, 9.17) is 4.74 Å². The van der Waals surface area contributed by atoms with Crippen molar-refractivity contribution in [2.75, 3.05) is 7.11 Å². The number of ketones is 1. The summed E-state index contributed by atoms with van der Waals surface area (Å²) >= 11 is 0. The molecule has 1 aromatic heterocycles. The minimum Gasteiger partial charge on any atom is -0.507 e. The number of carbonyl (C=O) groups is 2. The Labute approximate surface area is 203 Å². The van der Waals surface area contributed by atoms with Crippen molar-refractivity contribution in [2.45, 2.75) is 38.8 Å². The van der Waals surface area contributed by atoms with Gasteiger partial charge in [0.2, 0.25) is 0 Å². The maximum absolute atomic E-state index is 14.4. The standard InChI is InChI=1S/C28H27FN2O4/c1-28(2,3)20-10-7-18(8-11-20)24-23(25(32)19-9-12-22(35-4)21(29)14-19)26(33)27(34)31(24)16-17-6-5-13-30-15-17/h5-15,24,32H,16H2,1-4H3/t24-/m0/s1. The number of likely N-dealkylation sites (tertiary alicyclic amines) is 1. The fraction of sp³-hybridized carbons (Fsp3) is 0.250. The van der Waals surface area contributed by atoms with Gasteiger partial charge in [-0.25, -0.2) is 4.39 Å². The van der Waals surface area contributed by atoms with Gasteiger partial charge >= 0.3 is 0 Å². The molecule has 2 heterocycles. The Balaban J connectivity index is 1.86. The van der Waals surface area contributed by atoms with Crippen molar-refractivity contribution in [1.82, 2.24) is 9.88 Å². The number of rotatable bonds is 5. The van der Waals surface area contributed by atoms with Crippen LogP contribution in [-0.4, -0.2) is 33.8 Å². The molecule has 0 radical (unpaired) electrons. The Morgan fingerprint density at radius 2 is 1.83 bits per heavy atom. The van der Waals surface area contributed by atoms with Gasteiger partial charge in [-0.3, -0.25) is 14.6 Å². The van der Waals surface area contributed by atoms with Crippen molar-refractivity contribution >= 4 is 17.4 Å². The Kier molecular flexibility index (Phi) is 6.43. The fourth-order valence-electron chi connectivity index (χ4n) is 4.21. The number of amides is 1. The second-order valence-electron chi connectivity index (χ2n) is 9.51. The lowest BCUT2D eigenvalue weighted by atomic mass is 9.85. The summed E-state index contributed by atoms with van der Waals surface area (Å²) in [6, 6.07) is 14.2. The summed E-state index contributed by atoms with van der Waals surface area (Å²) in [6.45, 7) is 6.40. The molecular weight excluding hydrogens is 447 g/mol. The molecule has 1 aliphatic rings. The SMILES string of the molecule is COc1ccc(C(O)=C2C(=O)C(=O)N(Cc3cccnc3)[C@H]2c2ccc(C(C)(C)C)cc2)cc1F. The maximum Gasteiger partial charge on any atom is 0.295 e. The van der Waals surface area contributed by atoms with Gasteiger partial charge in [0.25, 0.3) is 11.7 Å². The molecule has 0 unspecified atom stereocenters. The molecule has 4 rings (SSSR count). The molecule has 3 aromatic rings. The first kappa shape index (κ1) is 24.1. The van der Waals surface area contributed by atoms with Gasteiger partial charge in [0.15, 0.2) is 11.6 Å². The largest absolute Gasteiger partial charge is 0.507 e. The summed E-state index contributed by atoms with van der Waals surface area (Å²) in [5, 5.41) is 11.2. The lowest BCUT2D eigenvalue weighted by Gasteiger charge is -2.26. The normalized spacial score (nSPS) is 17.6. The van der Waals surface area contributed by atoms with E-state index in [9.17, 15) is 19.1 Å². The van der Waals surface area contributed by atoms with E-state index in [0.29, 0.717) is 5.56 Å². The van der Waals surface area contributed by atoms with Crippen LogP contribution >= 0.6 is 0 Å². The quantitative estimate of drug-likeness (QED) is 0.314. The van der Waals surface area contributed by atoms with Crippen molar-refractivity contribution in [3.63, 3.8) is 0 Å². The Bertz CT molecular complexity index is 1290. The highest BCUT2D eigenvalue weighted by Crippen LogP contribution is 2.41. The van der Waals surface area contributed by atoms with Crippen LogP contribution in [0.2, 0.25) is 0 Å². The molecule has 1 aliphatic heterocycles. The summed E-state index contributed by atoms with van der Waals surface area (Å²) in [7, 11) is 1.34. The number of aliphatic hydroxyl groups is 1. The molecule has 1 saturated heterocycles. The van der Waals surface area contributed by atoms with Gasteiger partial charge in [0, 0.05) is 24.5 Å². The number of aliphatic hydroxyl groups excluding tert-OH is 1. The first-order chi connectivity index (χ1) is 16.6. The lowest BCUT2D eigenvalue weighted by molar-refractivity contribution is -0.140. The van der Waals surface area contributed by atoms with Gasteiger partial charge in [-0.1, -0.05) is 51.1 Å². The Morgan fingerprint density at radius 1 is 1.11 bits per heavy atom. The van der Waals surface area contributed by atoms with E-state index in [1.54, 1.807) is 18.5 Å². The number of nitrogens with zero attached hydrogens (tertiary/aromatic N) is 2. The van der Waals surface area contributed by atoms with E-state index in [-0.39, 0.29) is 28.8 Å². The predicted molar refractivity (Wildman–Crippen MR) is 130 cm³/mol. The number of halogens is 1. The number of hydrogen-bond acceptors (Lipinski definition) is 5. The van der Waals surface area contributed by atoms with Crippen LogP contribution in [-0.2, 0) is 21.5 Å². The van der Waals surface area contributed by atoms with Crippen molar-refractivity contribution in [3.8, 4) is 5.75 Å². The highest BCUT2D eigenvalue weighted by atomic mass is 19.1. The molecule has 1 fully saturated rings. The first-order valence-electron chi connectivity index (χ1n) is 11.2. The fourth-order valence-corrected chi connectivity index (χ4v) is 4.21. The van der Waals surface area contributed by atoms with E-state index in [1.165, 1.54) is 24.1 Å². The van der Waals surface area contributed by atoms with Gasteiger partial charge in [0.05, 0.1) is 18.7 Å². The number of carbonyl (C=O) groups excluding carboxylic acids is 2. The van der Waals surface area contributed by atoms with Crippen LogP contribution in [0.4, 0.5) is 4.39 Å².